The number of anilines is 1. The summed E-state index contributed by atoms with van der Waals surface area (Å²) in [6.45, 7) is 15.3. The number of aryl methyl sites for hydroxylation is 1. The molecular formula is C17H34N2O. The second-order valence-electron chi connectivity index (χ2n) is 6.57. The molecule has 1 fully saturated rings. The summed E-state index contributed by atoms with van der Waals surface area (Å²) in [5, 5.41) is 3.35. The minimum absolute atomic E-state index is 0. The van der Waals surface area contributed by atoms with E-state index < -0.39 is 0 Å². The summed E-state index contributed by atoms with van der Waals surface area (Å²) >= 11 is 0. The molecule has 1 aromatic carbocycles. The van der Waals surface area contributed by atoms with Gasteiger partial charge >= 0.3 is 0 Å². The van der Waals surface area contributed by atoms with Gasteiger partial charge in [-0.1, -0.05) is 52.8 Å². The van der Waals surface area contributed by atoms with Gasteiger partial charge in [0.05, 0.1) is 0 Å². The molecule has 3 N–H and O–H groups in total. The summed E-state index contributed by atoms with van der Waals surface area (Å²) in [4.78, 5) is 2.43. The van der Waals surface area contributed by atoms with Crippen molar-refractivity contribution in [1.82, 2.24) is 5.32 Å². The number of nitrogens with zero attached hydrogens (tertiary/aromatic N) is 1. The third-order valence-corrected chi connectivity index (χ3v) is 2.52. The van der Waals surface area contributed by atoms with Crippen LogP contribution >= 0.6 is 0 Å². The third kappa shape index (κ3) is 9.82. The number of nitrogens with one attached hydrogen (secondary N) is 1. The zero-order chi connectivity index (χ0) is 13.6. The van der Waals surface area contributed by atoms with E-state index in [0.717, 1.165) is 26.2 Å². The summed E-state index contributed by atoms with van der Waals surface area (Å²) in [5.41, 5.74) is 3.19. The van der Waals surface area contributed by atoms with Crippen molar-refractivity contribution in [3.8, 4) is 0 Å². The topological polar surface area (TPSA) is 46.8 Å². The van der Waals surface area contributed by atoms with Crippen LogP contribution in [0.25, 0.3) is 0 Å². The predicted molar refractivity (Wildman–Crippen MR) is 91.7 cm³/mol. The second kappa shape index (κ2) is 9.78. The van der Waals surface area contributed by atoms with Crippen LogP contribution < -0.4 is 10.2 Å². The van der Waals surface area contributed by atoms with Gasteiger partial charge in [0, 0.05) is 31.9 Å². The first-order valence-corrected chi connectivity index (χ1v) is 6.88. The summed E-state index contributed by atoms with van der Waals surface area (Å²) in [6, 6.07) is 8.77. The van der Waals surface area contributed by atoms with Crippen molar-refractivity contribution in [2.75, 3.05) is 31.1 Å². The van der Waals surface area contributed by atoms with Gasteiger partial charge in [0.15, 0.2) is 0 Å². The average molecular weight is 282 g/mol. The molecule has 0 aromatic heterocycles. The summed E-state index contributed by atoms with van der Waals surface area (Å²) in [6.07, 6.45) is 0. The molecule has 3 nitrogen and oxygen atoms in total. The normalized spacial score (nSPS) is 14.3. The fraction of sp³-hybridized carbons (Fsp3) is 0.647. The Labute approximate surface area is 125 Å². The monoisotopic (exact) mass is 282 g/mol. The maximum atomic E-state index is 3.35. The molecule has 0 saturated carbocycles. The lowest BCUT2D eigenvalue weighted by Gasteiger charge is -2.29. The SMILES string of the molecule is C.CC(C)(C)C.Cc1ccc(N2CCNCC2)cc1.O. The van der Waals surface area contributed by atoms with Crippen molar-refractivity contribution in [3.05, 3.63) is 29.8 Å². The number of hydrogen-bond donors (Lipinski definition) is 1. The lowest BCUT2D eigenvalue weighted by Crippen LogP contribution is -2.43. The molecule has 1 aromatic rings. The van der Waals surface area contributed by atoms with Gasteiger partial charge in [-0.3, -0.25) is 0 Å². The first kappa shape index (κ1) is 21.2. The Morgan fingerprint density at radius 3 is 1.75 bits per heavy atom. The van der Waals surface area contributed by atoms with Crippen LogP contribution in [0, 0.1) is 12.3 Å². The van der Waals surface area contributed by atoms with Crippen LogP contribution in [-0.2, 0) is 0 Å². The largest absolute Gasteiger partial charge is 0.412 e. The molecule has 0 amide bonds. The van der Waals surface area contributed by atoms with Gasteiger partial charge < -0.3 is 15.7 Å². The fourth-order valence-corrected chi connectivity index (χ4v) is 1.68. The molecule has 0 unspecified atom stereocenters. The highest BCUT2D eigenvalue weighted by Gasteiger charge is 2.08. The maximum absolute atomic E-state index is 3.35. The Morgan fingerprint density at radius 1 is 0.950 bits per heavy atom. The molecule has 0 spiro atoms. The highest BCUT2D eigenvalue weighted by Crippen LogP contribution is 2.14. The molecule has 118 valence electrons. The zero-order valence-corrected chi connectivity index (χ0v) is 13.1. The van der Waals surface area contributed by atoms with Gasteiger partial charge in [0.2, 0.25) is 0 Å². The van der Waals surface area contributed by atoms with E-state index in [1.165, 1.54) is 11.3 Å². The van der Waals surface area contributed by atoms with E-state index in [1.807, 2.05) is 0 Å². The Morgan fingerprint density at radius 2 is 1.35 bits per heavy atom. The van der Waals surface area contributed by atoms with Gasteiger partial charge in [-0.2, -0.15) is 0 Å². The minimum atomic E-state index is 0. The van der Waals surface area contributed by atoms with E-state index in [4.69, 9.17) is 0 Å². The molecule has 1 saturated heterocycles. The molecule has 1 aliphatic heterocycles. The van der Waals surface area contributed by atoms with E-state index in [2.05, 4.69) is 69.1 Å². The minimum Gasteiger partial charge on any atom is -0.412 e. The molecule has 0 atom stereocenters. The quantitative estimate of drug-likeness (QED) is 0.859. The Kier molecular flexibility index (Phi) is 10.4. The van der Waals surface area contributed by atoms with Gasteiger partial charge in [0.25, 0.3) is 0 Å². The lowest BCUT2D eigenvalue weighted by atomic mass is 10.0. The first-order chi connectivity index (χ1) is 8.36. The van der Waals surface area contributed by atoms with Gasteiger partial charge in [-0.15, -0.1) is 0 Å². The number of rotatable bonds is 1. The molecular weight excluding hydrogens is 248 g/mol. The average Bonchev–Trinajstić information content (AvgIpc) is 2.29. The van der Waals surface area contributed by atoms with Gasteiger partial charge in [0.1, 0.15) is 0 Å². The molecule has 1 heterocycles. The third-order valence-electron chi connectivity index (χ3n) is 2.52. The number of benzene rings is 1. The first-order valence-electron chi connectivity index (χ1n) is 6.88. The molecule has 2 rings (SSSR count). The summed E-state index contributed by atoms with van der Waals surface area (Å²) < 4.78 is 0. The highest BCUT2D eigenvalue weighted by atomic mass is 16.0. The number of piperazine rings is 1. The number of hydrogen-bond acceptors (Lipinski definition) is 2. The van der Waals surface area contributed by atoms with E-state index in [1.54, 1.807) is 0 Å². The highest BCUT2D eigenvalue weighted by molar-refractivity contribution is 5.47. The second-order valence-corrected chi connectivity index (χ2v) is 6.57. The van der Waals surface area contributed by atoms with Crippen molar-refractivity contribution in [2.24, 2.45) is 5.41 Å². The van der Waals surface area contributed by atoms with Crippen molar-refractivity contribution in [2.45, 2.75) is 42.0 Å². The summed E-state index contributed by atoms with van der Waals surface area (Å²) in [7, 11) is 0. The fourth-order valence-electron chi connectivity index (χ4n) is 1.68. The van der Waals surface area contributed by atoms with E-state index in [9.17, 15) is 0 Å². The zero-order valence-electron chi connectivity index (χ0n) is 13.1. The predicted octanol–water partition coefficient (Wildman–Crippen LogP) is 3.27. The van der Waals surface area contributed by atoms with E-state index in [-0.39, 0.29) is 12.9 Å². The smallest absolute Gasteiger partial charge is 0.0367 e. The van der Waals surface area contributed by atoms with Crippen LogP contribution in [0.4, 0.5) is 5.69 Å². The van der Waals surface area contributed by atoms with Crippen molar-refractivity contribution >= 4 is 5.69 Å². The van der Waals surface area contributed by atoms with Gasteiger partial charge in [-0.25, -0.2) is 0 Å². The van der Waals surface area contributed by atoms with Crippen LogP contribution in [0.1, 0.15) is 40.7 Å². The van der Waals surface area contributed by atoms with Crippen LogP contribution in [0.2, 0.25) is 0 Å². The molecule has 0 aliphatic carbocycles. The Hall–Kier alpha value is -1.06. The summed E-state index contributed by atoms with van der Waals surface area (Å²) in [5.74, 6) is 0. The Balaban J connectivity index is 0. The van der Waals surface area contributed by atoms with Crippen LogP contribution in [0.3, 0.4) is 0 Å². The Bertz CT molecular complexity index is 329. The molecule has 0 bridgehead atoms. The van der Waals surface area contributed by atoms with Crippen LogP contribution in [-0.4, -0.2) is 31.7 Å². The lowest BCUT2D eigenvalue weighted by molar-refractivity contribution is 0.469. The molecule has 20 heavy (non-hydrogen) atoms. The molecule has 1 aliphatic rings. The van der Waals surface area contributed by atoms with Gasteiger partial charge in [-0.05, 0) is 24.5 Å². The maximum Gasteiger partial charge on any atom is 0.0367 e. The van der Waals surface area contributed by atoms with Crippen molar-refractivity contribution < 1.29 is 5.48 Å². The van der Waals surface area contributed by atoms with E-state index >= 15 is 0 Å². The van der Waals surface area contributed by atoms with Crippen LogP contribution in [0.15, 0.2) is 24.3 Å². The molecule has 3 heteroatoms. The van der Waals surface area contributed by atoms with E-state index in [0.29, 0.717) is 5.41 Å². The van der Waals surface area contributed by atoms with Crippen LogP contribution in [0.5, 0.6) is 0 Å². The standard InChI is InChI=1S/C11H16N2.C5H12.CH4.H2O/c1-10-2-4-11(5-3-10)13-8-6-12-7-9-13;1-5(2,3)4;;/h2-5,12H,6-9H2,1H3;1-4H3;1H4;1H2. The van der Waals surface area contributed by atoms with Crippen molar-refractivity contribution in [3.63, 3.8) is 0 Å². The molecule has 0 radical (unpaired) electrons. The van der Waals surface area contributed by atoms with Crippen molar-refractivity contribution in [1.29, 1.82) is 0 Å².